The molecule has 0 fully saturated rings. The maximum atomic E-state index is 5.88. The average Bonchev–Trinajstić information content (AvgIpc) is 2.37. The van der Waals surface area contributed by atoms with Crippen LogP contribution >= 0.6 is 23.2 Å². The van der Waals surface area contributed by atoms with Crippen molar-refractivity contribution in [3.05, 3.63) is 40.1 Å². The van der Waals surface area contributed by atoms with Gasteiger partial charge in [0.2, 0.25) is 11.2 Å². The van der Waals surface area contributed by atoms with Crippen LogP contribution < -0.4 is 10.1 Å². The Labute approximate surface area is 133 Å². The zero-order valence-corrected chi connectivity index (χ0v) is 13.5. The minimum Gasteiger partial charge on any atom is -0.461 e. The fraction of sp³-hybridized carbons (Fsp3) is 0.357. The van der Waals surface area contributed by atoms with Gasteiger partial charge in [0.15, 0.2) is 0 Å². The standard InChI is InChI=1S/C14H16Cl2N4O/c1-8(2)21-14-19-12(16)18-13(20-14)17-9(3)10-4-6-11(15)7-5-10/h4-9H,1-3H3,(H,17,18,19,20). The number of halogens is 2. The molecule has 1 unspecified atom stereocenters. The summed E-state index contributed by atoms with van der Waals surface area (Å²) in [7, 11) is 0. The van der Waals surface area contributed by atoms with Crippen molar-refractivity contribution in [2.24, 2.45) is 0 Å². The van der Waals surface area contributed by atoms with Crippen LogP contribution in [0.5, 0.6) is 6.01 Å². The first-order chi connectivity index (χ1) is 9.94. The topological polar surface area (TPSA) is 59.9 Å². The molecule has 0 aliphatic rings. The van der Waals surface area contributed by atoms with Crippen molar-refractivity contribution >= 4 is 29.2 Å². The van der Waals surface area contributed by atoms with Gasteiger partial charge in [-0.2, -0.15) is 15.0 Å². The van der Waals surface area contributed by atoms with Crippen LogP contribution in [0.1, 0.15) is 32.4 Å². The molecular weight excluding hydrogens is 311 g/mol. The number of benzene rings is 1. The zero-order valence-electron chi connectivity index (χ0n) is 12.0. The first-order valence-electron chi connectivity index (χ1n) is 6.54. The fourth-order valence-electron chi connectivity index (χ4n) is 1.69. The highest BCUT2D eigenvalue weighted by atomic mass is 35.5. The maximum Gasteiger partial charge on any atom is 0.322 e. The van der Waals surface area contributed by atoms with E-state index in [1.54, 1.807) is 0 Å². The van der Waals surface area contributed by atoms with Crippen molar-refractivity contribution in [2.75, 3.05) is 5.32 Å². The van der Waals surface area contributed by atoms with E-state index in [9.17, 15) is 0 Å². The Balaban J connectivity index is 2.14. The van der Waals surface area contributed by atoms with E-state index in [-0.39, 0.29) is 23.4 Å². The molecule has 2 rings (SSSR count). The van der Waals surface area contributed by atoms with Crippen LogP contribution in [-0.4, -0.2) is 21.1 Å². The van der Waals surface area contributed by atoms with Crippen molar-refractivity contribution in [2.45, 2.75) is 32.9 Å². The zero-order chi connectivity index (χ0) is 15.4. The van der Waals surface area contributed by atoms with E-state index >= 15 is 0 Å². The summed E-state index contributed by atoms with van der Waals surface area (Å²) in [5, 5.41) is 3.95. The summed E-state index contributed by atoms with van der Waals surface area (Å²) < 4.78 is 5.43. The molecule has 1 heterocycles. The van der Waals surface area contributed by atoms with Gasteiger partial charge in [-0.15, -0.1) is 0 Å². The Bertz CT molecular complexity index is 604. The summed E-state index contributed by atoms with van der Waals surface area (Å²) in [5.74, 6) is 0.369. The molecule has 0 aliphatic heterocycles. The van der Waals surface area contributed by atoms with Gasteiger partial charge in [-0.3, -0.25) is 0 Å². The van der Waals surface area contributed by atoms with Crippen LogP contribution in [0.2, 0.25) is 10.3 Å². The van der Waals surface area contributed by atoms with Crippen LogP contribution in [-0.2, 0) is 0 Å². The van der Waals surface area contributed by atoms with Gasteiger partial charge in [0.25, 0.3) is 0 Å². The van der Waals surface area contributed by atoms with Gasteiger partial charge >= 0.3 is 6.01 Å². The van der Waals surface area contributed by atoms with E-state index in [1.807, 2.05) is 45.0 Å². The van der Waals surface area contributed by atoms with Crippen LogP contribution in [0.25, 0.3) is 0 Å². The highest BCUT2D eigenvalue weighted by molar-refractivity contribution is 6.30. The predicted molar refractivity (Wildman–Crippen MR) is 84.1 cm³/mol. The first-order valence-corrected chi connectivity index (χ1v) is 7.30. The summed E-state index contributed by atoms with van der Waals surface area (Å²) in [4.78, 5) is 12.2. The Morgan fingerprint density at radius 3 is 2.29 bits per heavy atom. The van der Waals surface area contributed by atoms with E-state index < -0.39 is 0 Å². The molecule has 1 atom stereocenters. The minimum atomic E-state index is -0.0370. The van der Waals surface area contributed by atoms with E-state index in [1.165, 1.54) is 0 Å². The summed E-state index contributed by atoms with van der Waals surface area (Å²) in [5.41, 5.74) is 1.06. The fourth-order valence-corrected chi connectivity index (χ4v) is 1.97. The second kappa shape index (κ2) is 6.91. The second-order valence-electron chi connectivity index (χ2n) is 4.79. The SMILES string of the molecule is CC(C)Oc1nc(Cl)nc(NC(C)c2ccc(Cl)cc2)n1. The molecule has 5 nitrogen and oxygen atoms in total. The molecule has 0 bridgehead atoms. The molecule has 1 N–H and O–H groups in total. The minimum absolute atomic E-state index is 0.00682. The molecule has 0 aliphatic carbocycles. The molecule has 2 aromatic rings. The molecule has 21 heavy (non-hydrogen) atoms. The molecule has 1 aromatic carbocycles. The van der Waals surface area contributed by atoms with E-state index in [0.29, 0.717) is 11.0 Å². The van der Waals surface area contributed by atoms with Gasteiger partial charge < -0.3 is 10.1 Å². The van der Waals surface area contributed by atoms with Gasteiger partial charge in [-0.05, 0) is 50.1 Å². The summed E-state index contributed by atoms with van der Waals surface area (Å²) in [6.07, 6.45) is -0.0370. The molecule has 0 saturated carbocycles. The van der Waals surface area contributed by atoms with Crippen molar-refractivity contribution in [3.8, 4) is 6.01 Å². The Hall–Kier alpha value is -1.59. The number of anilines is 1. The lowest BCUT2D eigenvalue weighted by Gasteiger charge is -2.15. The number of hydrogen-bond acceptors (Lipinski definition) is 5. The van der Waals surface area contributed by atoms with Crippen LogP contribution in [0, 0.1) is 0 Å². The number of nitrogens with zero attached hydrogens (tertiary/aromatic N) is 3. The van der Waals surface area contributed by atoms with E-state index in [2.05, 4.69) is 20.3 Å². The number of nitrogens with one attached hydrogen (secondary N) is 1. The monoisotopic (exact) mass is 326 g/mol. The average molecular weight is 327 g/mol. The molecule has 7 heteroatoms. The largest absolute Gasteiger partial charge is 0.461 e. The number of hydrogen-bond donors (Lipinski definition) is 1. The van der Waals surface area contributed by atoms with E-state index in [0.717, 1.165) is 5.56 Å². The third-order valence-corrected chi connectivity index (χ3v) is 3.07. The van der Waals surface area contributed by atoms with Crippen LogP contribution in [0.3, 0.4) is 0 Å². The maximum absolute atomic E-state index is 5.88. The third kappa shape index (κ3) is 4.72. The number of aromatic nitrogens is 3. The summed E-state index contributed by atoms with van der Waals surface area (Å²) >= 11 is 11.8. The van der Waals surface area contributed by atoms with Gasteiger partial charge in [-0.25, -0.2) is 0 Å². The molecule has 112 valence electrons. The van der Waals surface area contributed by atoms with Gasteiger partial charge in [0, 0.05) is 5.02 Å². The molecule has 1 aromatic heterocycles. The third-order valence-electron chi connectivity index (χ3n) is 2.64. The van der Waals surface area contributed by atoms with Crippen molar-refractivity contribution < 1.29 is 4.74 Å². The van der Waals surface area contributed by atoms with E-state index in [4.69, 9.17) is 27.9 Å². The first kappa shape index (κ1) is 15.8. The quantitative estimate of drug-likeness (QED) is 0.894. The van der Waals surface area contributed by atoms with Gasteiger partial charge in [0.1, 0.15) is 0 Å². The van der Waals surface area contributed by atoms with Crippen molar-refractivity contribution in [1.82, 2.24) is 15.0 Å². The predicted octanol–water partition coefficient (Wildman–Crippen LogP) is 4.14. The lowest BCUT2D eigenvalue weighted by atomic mass is 10.1. The molecule has 0 radical (unpaired) electrons. The van der Waals surface area contributed by atoms with Crippen molar-refractivity contribution in [3.63, 3.8) is 0 Å². The highest BCUT2D eigenvalue weighted by Gasteiger charge is 2.11. The normalized spacial score (nSPS) is 12.3. The van der Waals surface area contributed by atoms with Crippen LogP contribution in [0.15, 0.2) is 24.3 Å². The molecule has 0 saturated heterocycles. The lowest BCUT2D eigenvalue weighted by molar-refractivity contribution is 0.222. The van der Waals surface area contributed by atoms with Gasteiger partial charge in [-0.1, -0.05) is 23.7 Å². The molecule has 0 spiro atoms. The second-order valence-corrected chi connectivity index (χ2v) is 5.57. The summed E-state index contributed by atoms with van der Waals surface area (Å²) in [6, 6.07) is 7.75. The lowest BCUT2D eigenvalue weighted by Crippen LogP contribution is -2.13. The Morgan fingerprint density at radius 1 is 1.00 bits per heavy atom. The van der Waals surface area contributed by atoms with Crippen LogP contribution in [0.4, 0.5) is 5.95 Å². The number of rotatable bonds is 5. The smallest absolute Gasteiger partial charge is 0.322 e. The number of ether oxygens (including phenoxy) is 1. The van der Waals surface area contributed by atoms with Gasteiger partial charge in [0.05, 0.1) is 12.1 Å². The highest BCUT2D eigenvalue weighted by Crippen LogP contribution is 2.21. The Kier molecular flexibility index (Phi) is 5.20. The molecular formula is C14H16Cl2N4O. The molecule has 0 amide bonds. The summed E-state index contributed by atoms with van der Waals surface area (Å²) in [6.45, 7) is 5.77. The Morgan fingerprint density at radius 2 is 1.67 bits per heavy atom. The van der Waals surface area contributed by atoms with Crippen molar-refractivity contribution in [1.29, 1.82) is 0 Å².